The van der Waals surface area contributed by atoms with E-state index in [0.29, 0.717) is 22.7 Å². The minimum absolute atomic E-state index is 0.110. The summed E-state index contributed by atoms with van der Waals surface area (Å²) < 4.78 is 10.9. The van der Waals surface area contributed by atoms with E-state index in [9.17, 15) is 4.79 Å². The Kier molecular flexibility index (Phi) is 5.07. The molecule has 0 unspecified atom stereocenters. The fourth-order valence-electron chi connectivity index (χ4n) is 2.49. The second-order valence-electron chi connectivity index (χ2n) is 5.73. The van der Waals surface area contributed by atoms with Gasteiger partial charge in [-0.05, 0) is 36.8 Å². The summed E-state index contributed by atoms with van der Waals surface area (Å²) >= 11 is 0. The molecule has 0 saturated heterocycles. The lowest BCUT2D eigenvalue weighted by molar-refractivity contribution is 0.0998. The lowest BCUT2D eigenvalue weighted by Crippen LogP contribution is -2.22. The van der Waals surface area contributed by atoms with Gasteiger partial charge in [-0.25, -0.2) is 0 Å². The number of nitrogens with zero attached hydrogens (tertiary/aromatic N) is 2. The highest BCUT2D eigenvalue weighted by Crippen LogP contribution is 2.28. The number of hydrogen-bond donors (Lipinski definition) is 3. The number of fused-ring (bicyclic) bond motifs is 1. The molecule has 0 radical (unpaired) electrons. The summed E-state index contributed by atoms with van der Waals surface area (Å²) in [4.78, 5) is 12.5. The number of nitrogens with two attached hydrogens (primary N) is 2. The zero-order chi connectivity index (χ0) is 19.4. The molecule has 0 fully saturated rings. The van der Waals surface area contributed by atoms with E-state index in [1.807, 2.05) is 12.1 Å². The largest absolute Gasteiger partial charge is 0.493 e. The predicted octanol–water partition coefficient (Wildman–Crippen LogP) is 2.69. The molecule has 1 aromatic heterocycles. The van der Waals surface area contributed by atoms with E-state index >= 15 is 0 Å². The van der Waals surface area contributed by atoms with Crippen LogP contribution in [0.2, 0.25) is 0 Å². The molecule has 5 N–H and O–H groups in total. The van der Waals surface area contributed by atoms with E-state index in [1.54, 1.807) is 50.4 Å². The number of amides is 1. The monoisotopic (exact) mass is 365 g/mol. The number of methoxy groups -OCH3 is 1. The number of ether oxygens (including phenoxy) is 1. The number of nitrogens with one attached hydrogen (secondary N) is 1. The lowest BCUT2D eigenvalue weighted by atomic mass is 10.1. The van der Waals surface area contributed by atoms with Gasteiger partial charge >= 0.3 is 0 Å². The highest BCUT2D eigenvalue weighted by atomic mass is 16.5. The molecule has 2 aromatic carbocycles. The number of hydrogen-bond acceptors (Lipinski definition) is 5. The molecule has 3 rings (SSSR count). The van der Waals surface area contributed by atoms with Gasteiger partial charge in [-0.2, -0.15) is 5.10 Å². The first-order valence-corrected chi connectivity index (χ1v) is 8.09. The second-order valence-corrected chi connectivity index (χ2v) is 5.73. The fourth-order valence-corrected chi connectivity index (χ4v) is 2.49. The Morgan fingerprint density at radius 2 is 1.85 bits per heavy atom. The maximum atomic E-state index is 12.5. The van der Waals surface area contributed by atoms with Gasteiger partial charge in [0, 0.05) is 11.1 Å². The Bertz CT molecular complexity index is 1030. The van der Waals surface area contributed by atoms with Crippen LogP contribution >= 0.6 is 0 Å². The van der Waals surface area contributed by atoms with E-state index in [2.05, 4.69) is 15.5 Å². The lowest BCUT2D eigenvalue weighted by Gasteiger charge is -2.05. The zero-order valence-corrected chi connectivity index (χ0v) is 14.9. The molecular weight excluding hydrogens is 346 g/mol. The number of benzene rings is 2. The first kappa shape index (κ1) is 18.0. The first-order chi connectivity index (χ1) is 13.0. The summed E-state index contributed by atoms with van der Waals surface area (Å²) in [5.74, 6) is 0.308. The smallest absolute Gasteiger partial charge is 0.291 e. The molecule has 0 aliphatic heterocycles. The molecule has 8 nitrogen and oxygen atoms in total. The molecule has 0 atom stereocenters. The topological polar surface area (TPSA) is 128 Å². The van der Waals surface area contributed by atoms with Crippen LogP contribution in [-0.4, -0.2) is 24.7 Å². The van der Waals surface area contributed by atoms with Crippen LogP contribution in [0.1, 0.15) is 23.0 Å². The average molecular weight is 365 g/mol. The summed E-state index contributed by atoms with van der Waals surface area (Å²) in [5, 5.41) is 11.1. The number of carbonyl (C=O) groups is 1. The third-order valence-electron chi connectivity index (χ3n) is 3.83. The molecule has 1 amide bonds. The number of anilines is 1. The van der Waals surface area contributed by atoms with Crippen molar-refractivity contribution in [3.63, 3.8) is 0 Å². The molecule has 27 heavy (non-hydrogen) atoms. The minimum Gasteiger partial charge on any atom is -0.493 e. The molecular formula is C19H19N5O3. The van der Waals surface area contributed by atoms with Crippen LogP contribution in [0.25, 0.3) is 11.0 Å². The van der Waals surface area contributed by atoms with Crippen molar-refractivity contribution in [1.29, 1.82) is 0 Å². The Hall–Kier alpha value is -3.81. The Morgan fingerprint density at radius 1 is 1.11 bits per heavy atom. The van der Waals surface area contributed by atoms with Crippen molar-refractivity contribution in [2.45, 2.75) is 6.92 Å². The molecule has 1 heterocycles. The van der Waals surface area contributed by atoms with Crippen LogP contribution in [0.5, 0.6) is 5.75 Å². The summed E-state index contributed by atoms with van der Waals surface area (Å²) in [6, 6.07) is 14.3. The van der Waals surface area contributed by atoms with Crippen LogP contribution in [-0.2, 0) is 0 Å². The molecule has 0 aliphatic carbocycles. The maximum absolute atomic E-state index is 12.5. The zero-order valence-electron chi connectivity index (χ0n) is 14.9. The van der Waals surface area contributed by atoms with E-state index in [-0.39, 0.29) is 17.6 Å². The van der Waals surface area contributed by atoms with Gasteiger partial charge in [-0.3, -0.25) is 4.79 Å². The van der Waals surface area contributed by atoms with Crippen LogP contribution in [0.3, 0.4) is 0 Å². The molecule has 8 heteroatoms. The number of carbonyl (C=O) groups excluding carboxylic acids is 1. The highest BCUT2D eigenvalue weighted by Gasteiger charge is 2.15. The Labute approximate surface area is 155 Å². The predicted molar refractivity (Wildman–Crippen MR) is 105 cm³/mol. The van der Waals surface area contributed by atoms with Crippen molar-refractivity contribution in [1.82, 2.24) is 0 Å². The molecule has 138 valence electrons. The van der Waals surface area contributed by atoms with Gasteiger partial charge in [0.1, 0.15) is 0 Å². The Morgan fingerprint density at radius 3 is 2.52 bits per heavy atom. The van der Waals surface area contributed by atoms with Crippen LogP contribution in [0.4, 0.5) is 5.69 Å². The van der Waals surface area contributed by atoms with E-state index in [1.165, 1.54) is 0 Å². The standard InChI is InChI=1S/C19H19N5O3/c1-11(23-24-19(20)21)12-6-8-14(9-7-12)22-18(25)16-10-13-4-3-5-15(26-2)17(13)27-16/h3-10H,1-2H3,(H,22,25)(H4,20,21,24)/b23-11-. The summed E-state index contributed by atoms with van der Waals surface area (Å²) in [6.45, 7) is 1.78. The van der Waals surface area contributed by atoms with E-state index in [4.69, 9.17) is 20.6 Å². The first-order valence-electron chi connectivity index (χ1n) is 8.09. The summed E-state index contributed by atoms with van der Waals surface area (Å²) in [5.41, 5.74) is 13.1. The third-order valence-corrected chi connectivity index (χ3v) is 3.83. The van der Waals surface area contributed by atoms with Crippen molar-refractivity contribution >= 4 is 34.2 Å². The average Bonchev–Trinajstić information content (AvgIpc) is 3.11. The highest BCUT2D eigenvalue weighted by molar-refractivity contribution is 6.05. The maximum Gasteiger partial charge on any atom is 0.291 e. The molecule has 0 bridgehead atoms. The van der Waals surface area contributed by atoms with Gasteiger partial charge in [0.15, 0.2) is 17.1 Å². The number of guanidine groups is 1. The molecule has 0 aliphatic rings. The van der Waals surface area contributed by atoms with Crippen molar-refractivity contribution < 1.29 is 13.9 Å². The van der Waals surface area contributed by atoms with Crippen molar-refractivity contribution in [2.24, 2.45) is 21.7 Å². The molecule has 0 saturated carbocycles. The van der Waals surface area contributed by atoms with Crippen LogP contribution in [0, 0.1) is 0 Å². The number of rotatable bonds is 5. The number of para-hydroxylation sites is 1. The van der Waals surface area contributed by atoms with Crippen molar-refractivity contribution in [2.75, 3.05) is 12.4 Å². The Balaban J connectivity index is 1.76. The number of furan rings is 1. The molecule has 3 aromatic rings. The van der Waals surface area contributed by atoms with Gasteiger partial charge in [0.2, 0.25) is 5.96 Å². The van der Waals surface area contributed by atoms with Gasteiger partial charge < -0.3 is 25.9 Å². The minimum atomic E-state index is -0.355. The van der Waals surface area contributed by atoms with Crippen LogP contribution < -0.4 is 21.5 Å². The third kappa shape index (κ3) is 4.06. The second kappa shape index (κ2) is 7.61. The van der Waals surface area contributed by atoms with Gasteiger partial charge in [0.05, 0.1) is 12.8 Å². The molecule has 0 spiro atoms. The van der Waals surface area contributed by atoms with Crippen molar-refractivity contribution in [3.8, 4) is 5.75 Å². The van der Waals surface area contributed by atoms with Gasteiger partial charge in [-0.1, -0.05) is 24.3 Å². The van der Waals surface area contributed by atoms with Crippen molar-refractivity contribution in [3.05, 3.63) is 59.9 Å². The summed E-state index contributed by atoms with van der Waals surface area (Å²) in [6.07, 6.45) is 0. The van der Waals surface area contributed by atoms with Crippen LogP contribution in [0.15, 0.2) is 63.2 Å². The van der Waals surface area contributed by atoms with E-state index in [0.717, 1.165) is 10.9 Å². The SMILES string of the molecule is COc1cccc2cc(C(=O)Nc3ccc(/C(C)=N\N=C(N)N)cc3)oc12. The van der Waals surface area contributed by atoms with E-state index < -0.39 is 0 Å². The summed E-state index contributed by atoms with van der Waals surface area (Å²) in [7, 11) is 1.55. The normalized spacial score (nSPS) is 11.3. The fraction of sp³-hybridized carbons (Fsp3) is 0.105. The van der Waals surface area contributed by atoms with Gasteiger partial charge in [-0.15, -0.1) is 5.10 Å². The quantitative estimate of drug-likeness (QED) is 0.364. The van der Waals surface area contributed by atoms with Gasteiger partial charge in [0.25, 0.3) is 5.91 Å².